The average Bonchev–Trinajstić information content (AvgIpc) is 2.66. The summed E-state index contributed by atoms with van der Waals surface area (Å²) in [6.45, 7) is 0. The Balaban J connectivity index is 2.23. The van der Waals surface area contributed by atoms with Crippen LogP contribution in [0.25, 0.3) is 0 Å². The largest absolute Gasteiger partial charge is 0.436 e. The summed E-state index contributed by atoms with van der Waals surface area (Å²) < 4.78 is 40.4. The zero-order valence-corrected chi connectivity index (χ0v) is 6.06. The van der Waals surface area contributed by atoms with Crippen molar-refractivity contribution in [1.82, 2.24) is 5.16 Å². The van der Waals surface area contributed by atoms with Gasteiger partial charge in [-0.1, -0.05) is 5.16 Å². The van der Waals surface area contributed by atoms with Crippen molar-refractivity contribution in [2.24, 2.45) is 0 Å². The molecule has 1 heterocycles. The van der Waals surface area contributed by atoms with Gasteiger partial charge in [0.05, 0.1) is 0 Å². The van der Waals surface area contributed by atoms with Crippen LogP contribution in [0.3, 0.4) is 0 Å². The smallest absolute Gasteiger partial charge is 0.361 e. The van der Waals surface area contributed by atoms with Crippen molar-refractivity contribution in [3.63, 3.8) is 0 Å². The minimum absolute atomic E-state index is 0.175. The minimum atomic E-state index is -4.38. The van der Waals surface area contributed by atoms with Crippen LogP contribution in [0.5, 0.6) is 0 Å². The Morgan fingerprint density at radius 1 is 1.42 bits per heavy atom. The number of hydrogen-bond acceptors (Lipinski definition) is 2. The summed E-state index contributed by atoms with van der Waals surface area (Å²) in [6, 6.07) is 0.984. The molecule has 1 aliphatic rings. The van der Waals surface area contributed by atoms with E-state index in [2.05, 4.69) is 9.68 Å². The molecule has 0 aromatic carbocycles. The first-order chi connectivity index (χ1) is 5.57. The highest BCUT2D eigenvalue weighted by atomic mass is 19.4. The number of aromatic nitrogens is 1. The number of nitrogens with zero attached hydrogens (tertiary/aromatic N) is 1. The molecule has 0 unspecified atom stereocenters. The van der Waals surface area contributed by atoms with Gasteiger partial charge in [0.15, 0.2) is 5.69 Å². The summed E-state index contributed by atoms with van der Waals surface area (Å²) in [4.78, 5) is 0. The van der Waals surface area contributed by atoms with Crippen LogP contribution < -0.4 is 0 Å². The lowest BCUT2D eigenvalue weighted by molar-refractivity contribution is -0.142. The van der Waals surface area contributed by atoms with Gasteiger partial charge in [0, 0.05) is 12.0 Å². The van der Waals surface area contributed by atoms with E-state index in [-0.39, 0.29) is 5.92 Å². The summed E-state index contributed by atoms with van der Waals surface area (Å²) in [7, 11) is 0. The quantitative estimate of drug-likeness (QED) is 0.658. The fourth-order valence-corrected chi connectivity index (χ4v) is 0.983. The van der Waals surface area contributed by atoms with Gasteiger partial charge in [-0.05, 0) is 12.8 Å². The number of hydrogen-bond donors (Lipinski definition) is 0. The molecule has 0 saturated heterocycles. The summed E-state index contributed by atoms with van der Waals surface area (Å²) >= 11 is 0. The highest BCUT2D eigenvalue weighted by Crippen LogP contribution is 2.41. The van der Waals surface area contributed by atoms with Crippen molar-refractivity contribution >= 4 is 0 Å². The maximum Gasteiger partial charge on any atom is 0.436 e. The molecule has 66 valence electrons. The topological polar surface area (TPSA) is 26.0 Å². The van der Waals surface area contributed by atoms with Gasteiger partial charge in [0.2, 0.25) is 0 Å². The summed E-state index contributed by atoms with van der Waals surface area (Å²) in [6.07, 6.45) is -2.56. The molecule has 5 heteroatoms. The molecule has 0 aliphatic heterocycles. The standard InChI is InChI=1S/C7H6F3NO/c8-7(9,10)6-3-5(12-11-6)4-1-2-4/h3-4H,1-2H2. The predicted molar refractivity (Wildman–Crippen MR) is 33.5 cm³/mol. The van der Waals surface area contributed by atoms with E-state index in [1.54, 1.807) is 0 Å². The average molecular weight is 177 g/mol. The van der Waals surface area contributed by atoms with E-state index in [0.29, 0.717) is 5.76 Å². The van der Waals surface area contributed by atoms with Crippen molar-refractivity contribution < 1.29 is 17.7 Å². The maximum absolute atomic E-state index is 12.0. The van der Waals surface area contributed by atoms with E-state index < -0.39 is 11.9 Å². The van der Waals surface area contributed by atoms with Crippen LogP contribution in [-0.4, -0.2) is 5.16 Å². The third-order valence-electron chi connectivity index (χ3n) is 1.80. The van der Waals surface area contributed by atoms with Gasteiger partial charge in [-0.15, -0.1) is 0 Å². The zero-order valence-electron chi connectivity index (χ0n) is 6.06. The molecule has 1 aromatic heterocycles. The summed E-state index contributed by atoms with van der Waals surface area (Å²) in [5.74, 6) is 0.538. The van der Waals surface area contributed by atoms with E-state index in [9.17, 15) is 13.2 Å². The van der Waals surface area contributed by atoms with Crippen LogP contribution in [-0.2, 0) is 6.18 Å². The first-order valence-electron chi connectivity index (χ1n) is 3.61. The molecule has 0 atom stereocenters. The SMILES string of the molecule is FC(F)(F)c1cc(C2CC2)on1. The molecule has 1 saturated carbocycles. The fourth-order valence-electron chi connectivity index (χ4n) is 0.983. The first kappa shape index (κ1) is 7.64. The molecular formula is C7H6F3NO. The lowest BCUT2D eigenvalue weighted by atomic mass is 10.3. The molecule has 1 fully saturated rings. The van der Waals surface area contributed by atoms with Crippen molar-refractivity contribution in [2.75, 3.05) is 0 Å². The van der Waals surface area contributed by atoms with Crippen molar-refractivity contribution in [2.45, 2.75) is 24.9 Å². The Morgan fingerprint density at radius 3 is 2.50 bits per heavy atom. The third kappa shape index (κ3) is 1.31. The Hall–Kier alpha value is -1.00. The highest BCUT2D eigenvalue weighted by Gasteiger charge is 2.37. The lowest BCUT2D eigenvalue weighted by Crippen LogP contribution is -2.04. The van der Waals surface area contributed by atoms with E-state index in [1.807, 2.05) is 0 Å². The third-order valence-corrected chi connectivity index (χ3v) is 1.80. The first-order valence-corrected chi connectivity index (χ1v) is 3.61. The van der Waals surface area contributed by atoms with Gasteiger partial charge in [-0.25, -0.2) is 0 Å². The zero-order chi connectivity index (χ0) is 8.77. The molecular weight excluding hydrogens is 171 g/mol. The Kier molecular flexibility index (Phi) is 1.43. The second kappa shape index (κ2) is 2.24. The predicted octanol–water partition coefficient (Wildman–Crippen LogP) is 2.57. The summed E-state index contributed by atoms with van der Waals surface area (Å²) in [5, 5.41) is 2.95. The second-order valence-electron chi connectivity index (χ2n) is 2.89. The van der Waals surface area contributed by atoms with Gasteiger partial charge in [-0.3, -0.25) is 0 Å². The van der Waals surface area contributed by atoms with Crippen LogP contribution in [0.1, 0.15) is 30.2 Å². The van der Waals surface area contributed by atoms with Crippen LogP contribution in [0, 0.1) is 0 Å². The Bertz CT molecular complexity index is 287. The lowest BCUT2D eigenvalue weighted by Gasteiger charge is -1.97. The normalized spacial score (nSPS) is 18.2. The fraction of sp³-hybridized carbons (Fsp3) is 0.571. The molecule has 12 heavy (non-hydrogen) atoms. The van der Waals surface area contributed by atoms with E-state index in [4.69, 9.17) is 0 Å². The van der Waals surface area contributed by atoms with Crippen LogP contribution in [0.4, 0.5) is 13.2 Å². The minimum Gasteiger partial charge on any atom is -0.361 e. The van der Waals surface area contributed by atoms with Gasteiger partial charge in [-0.2, -0.15) is 13.2 Å². The highest BCUT2D eigenvalue weighted by molar-refractivity contribution is 5.16. The molecule has 1 aromatic rings. The van der Waals surface area contributed by atoms with Crippen LogP contribution in [0.15, 0.2) is 10.6 Å². The molecule has 0 bridgehead atoms. The maximum atomic E-state index is 12.0. The molecule has 0 amide bonds. The molecule has 1 aliphatic carbocycles. The molecule has 0 spiro atoms. The van der Waals surface area contributed by atoms with Gasteiger partial charge >= 0.3 is 6.18 Å². The van der Waals surface area contributed by atoms with E-state index in [0.717, 1.165) is 18.9 Å². The van der Waals surface area contributed by atoms with Gasteiger partial charge in [0.25, 0.3) is 0 Å². The van der Waals surface area contributed by atoms with E-state index in [1.165, 1.54) is 0 Å². The van der Waals surface area contributed by atoms with Crippen molar-refractivity contribution in [3.05, 3.63) is 17.5 Å². The Morgan fingerprint density at radius 2 is 2.08 bits per heavy atom. The second-order valence-corrected chi connectivity index (χ2v) is 2.89. The Labute approximate surface area is 66.3 Å². The van der Waals surface area contributed by atoms with Crippen LogP contribution >= 0.6 is 0 Å². The summed E-state index contributed by atoms with van der Waals surface area (Å²) in [5.41, 5.74) is -0.926. The molecule has 2 nitrogen and oxygen atoms in total. The number of halogens is 3. The van der Waals surface area contributed by atoms with Crippen LogP contribution in [0.2, 0.25) is 0 Å². The van der Waals surface area contributed by atoms with Crippen molar-refractivity contribution in [1.29, 1.82) is 0 Å². The molecule has 2 rings (SSSR count). The van der Waals surface area contributed by atoms with E-state index >= 15 is 0 Å². The van der Waals surface area contributed by atoms with Crippen molar-refractivity contribution in [3.8, 4) is 0 Å². The van der Waals surface area contributed by atoms with Gasteiger partial charge in [0.1, 0.15) is 5.76 Å². The number of alkyl halides is 3. The van der Waals surface area contributed by atoms with Gasteiger partial charge < -0.3 is 4.52 Å². The molecule has 0 radical (unpaired) electrons. The molecule has 0 N–H and O–H groups in total. The monoisotopic (exact) mass is 177 g/mol. The number of rotatable bonds is 1.